The lowest BCUT2D eigenvalue weighted by atomic mass is 10.0. The van der Waals surface area contributed by atoms with Crippen LogP contribution in [0.15, 0.2) is 0 Å². The average Bonchev–Trinajstić information content (AvgIpc) is 2.30. The summed E-state index contributed by atoms with van der Waals surface area (Å²) in [5.74, 6) is 0.867. The topological polar surface area (TPSA) is 15.3 Å². The van der Waals surface area contributed by atoms with Crippen LogP contribution >= 0.6 is 0 Å². The summed E-state index contributed by atoms with van der Waals surface area (Å²) in [6.07, 6.45) is 9.69. The summed E-state index contributed by atoms with van der Waals surface area (Å²) in [6.45, 7) is 8.34. The maximum Gasteiger partial charge on any atom is 0.0104 e. The first-order chi connectivity index (χ1) is 8.20. The normalized spacial score (nSPS) is 22.2. The molecule has 1 rings (SSSR count). The summed E-state index contributed by atoms with van der Waals surface area (Å²) in [4.78, 5) is 2.55. The summed E-state index contributed by atoms with van der Waals surface area (Å²) < 4.78 is 0. The monoisotopic (exact) mass is 240 g/mol. The molecule has 17 heavy (non-hydrogen) atoms. The van der Waals surface area contributed by atoms with Crippen molar-refractivity contribution >= 4 is 0 Å². The predicted octanol–water partition coefficient (Wildman–Crippen LogP) is 3.28. The Balaban J connectivity index is 1.89. The molecule has 1 aliphatic rings. The SMILES string of the molecule is CC(C)CCCCNCCC1CCCCN1C. The van der Waals surface area contributed by atoms with Gasteiger partial charge in [-0.15, -0.1) is 0 Å². The quantitative estimate of drug-likeness (QED) is 0.655. The summed E-state index contributed by atoms with van der Waals surface area (Å²) in [6, 6.07) is 0.840. The Morgan fingerprint density at radius 1 is 1.18 bits per heavy atom. The molecule has 102 valence electrons. The van der Waals surface area contributed by atoms with E-state index in [0.29, 0.717) is 0 Å². The van der Waals surface area contributed by atoms with E-state index in [2.05, 4.69) is 31.1 Å². The molecule has 0 aliphatic carbocycles. The van der Waals surface area contributed by atoms with Gasteiger partial charge in [-0.05, 0) is 58.3 Å². The minimum Gasteiger partial charge on any atom is -0.317 e. The first-order valence-electron chi connectivity index (χ1n) is 7.61. The van der Waals surface area contributed by atoms with Crippen molar-refractivity contribution in [3.63, 3.8) is 0 Å². The van der Waals surface area contributed by atoms with E-state index in [1.807, 2.05) is 0 Å². The van der Waals surface area contributed by atoms with E-state index >= 15 is 0 Å². The highest BCUT2D eigenvalue weighted by atomic mass is 15.1. The van der Waals surface area contributed by atoms with Crippen LogP contribution in [0.3, 0.4) is 0 Å². The lowest BCUT2D eigenvalue weighted by Gasteiger charge is -2.32. The van der Waals surface area contributed by atoms with Crippen LogP contribution in [0, 0.1) is 5.92 Å². The van der Waals surface area contributed by atoms with Crippen LogP contribution in [-0.2, 0) is 0 Å². The van der Waals surface area contributed by atoms with Crippen molar-refractivity contribution in [2.75, 3.05) is 26.7 Å². The number of unbranched alkanes of at least 4 members (excludes halogenated alkanes) is 1. The molecule has 1 heterocycles. The van der Waals surface area contributed by atoms with E-state index in [1.54, 1.807) is 0 Å². The molecule has 0 aromatic heterocycles. The first-order valence-corrected chi connectivity index (χ1v) is 7.61. The maximum atomic E-state index is 3.60. The lowest BCUT2D eigenvalue weighted by molar-refractivity contribution is 0.175. The van der Waals surface area contributed by atoms with E-state index in [9.17, 15) is 0 Å². The molecule has 2 nitrogen and oxygen atoms in total. The Hall–Kier alpha value is -0.0800. The Labute approximate surface area is 108 Å². The minimum absolute atomic E-state index is 0.840. The van der Waals surface area contributed by atoms with Crippen LogP contribution in [0.4, 0.5) is 0 Å². The van der Waals surface area contributed by atoms with Crippen LogP contribution < -0.4 is 5.32 Å². The van der Waals surface area contributed by atoms with Gasteiger partial charge >= 0.3 is 0 Å². The van der Waals surface area contributed by atoms with Gasteiger partial charge < -0.3 is 10.2 Å². The number of likely N-dealkylation sites (tertiary alicyclic amines) is 1. The largest absolute Gasteiger partial charge is 0.317 e. The average molecular weight is 240 g/mol. The fraction of sp³-hybridized carbons (Fsp3) is 1.00. The Morgan fingerprint density at radius 3 is 2.71 bits per heavy atom. The van der Waals surface area contributed by atoms with Crippen LogP contribution in [-0.4, -0.2) is 37.6 Å². The van der Waals surface area contributed by atoms with Gasteiger partial charge in [0.25, 0.3) is 0 Å². The van der Waals surface area contributed by atoms with Gasteiger partial charge in [0, 0.05) is 6.04 Å². The molecule has 0 aromatic rings. The van der Waals surface area contributed by atoms with E-state index in [4.69, 9.17) is 0 Å². The molecule has 0 radical (unpaired) electrons. The second-order valence-electron chi connectivity index (χ2n) is 6.06. The molecular formula is C15H32N2. The van der Waals surface area contributed by atoms with Crippen molar-refractivity contribution in [2.45, 2.75) is 64.8 Å². The molecule has 0 saturated carbocycles. The van der Waals surface area contributed by atoms with E-state index in [-0.39, 0.29) is 0 Å². The zero-order valence-corrected chi connectivity index (χ0v) is 12.2. The number of nitrogens with one attached hydrogen (secondary N) is 1. The number of piperidine rings is 1. The summed E-state index contributed by atoms with van der Waals surface area (Å²) in [5, 5.41) is 3.60. The fourth-order valence-electron chi connectivity index (χ4n) is 2.71. The van der Waals surface area contributed by atoms with Crippen LogP contribution in [0.1, 0.15) is 58.8 Å². The van der Waals surface area contributed by atoms with Gasteiger partial charge in [-0.3, -0.25) is 0 Å². The number of hydrogen-bond donors (Lipinski definition) is 1. The molecule has 0 aromatic carbocycles. The number of rotatable bonds is 8. The van der Waals surface area contributed by atoms with Crippen molar-refractivity contribution in [1.82, 2.24) is 10.2 Å². The standard InChI is InChI=1S/C15H32N2/c1-14(2)8-4-6-11-16-12-10-15-9-5-7-13-17(15)3/h14-16H,4-13H2,1-3H3. The summed E-state index contributed by atoms with van der Waals surface area (Å²) in [5.41, 5.74) is 0. The third-order valence-electron chi connectivity index (χ3n) is 3.96. The van der Waals surface area contributed by atoms with Crippen molar-refractivity contribution in [2.24, 2.45) is 5.92 Å². The van der Waals surface area contributed by atoms with Crippen molar-refractivity contribution in [1.29, 1.82) is 0 Å². The van der Waals surface area contributed by atoms with Gasteiger partial charge in [0.1, 0.15) is 0 Å². The van der Waals surface area contributed by atoms with Gasteiger partial charge in [0.15, 0.2) is 0 Å². The second kappa shape index (κ2) is 8.93. The van der Waals surface area contributed by atoms with Crippen molar-refractivity contribution in [3.05, 3.63) is 0 Å². The summed E-state index contributed by atoms with van der Waals surface area (Å²) in [7, 11) is 2.28. The zero-order valence-electron chi connectivity index (χ0n) is 12.2. The Bertz CT molecular complexity index is 180. The van der Waals surface area contributed by atoms with Crippen LogP contribution in [0.25, 0.3) is 0 Å². The highest BCUT2D eigenvalue weighted by Crippen LogP contribution is 2.17. The number of hydrogen-bond acceptors (Lipinski definition) is 2. The minimum atomic E-state index is 0.840. The highest BCUT2D eigenvalue weighted by Gasteiger charge is 2.17. The Kier molecular flexibility index (Phi) is 7.87. The van der Waals surface area contributed by atoms with Crippen LogP contribution in [0.2, 0.25) is 0 Å². The summed E-state index contributed by atoms with van der Waals surface area (Å²) >= 11 is 0. The van der Waals surface area contributed by atoms with Crippen molar-refractivity contribution < 1.29 is 0 Å². The molecule has 1 unspecified atom stereocenters. The molecule has 1 aliphatic heterocycles. The second-order valence-corrected chi connectivity index (χ2v) is 6.06. The van der Waals surface area contributed by atoms with Gasteiger partial charge in [-0.25, -0.2) is 0 Å². The molecular weight excluding hydrogens is 208 g/mol. The van der Waals surface area contributed by atoms with Gasteiger partial charge in [0.2, 0.25) is 0 Å². The maximum absolute atomic E-state index is 3.60. The molecule has 0 amide bonds. The number of nitrogens with zero attached hydrogens (tertiary/aromatic N) is 1. The first kappa shape index (κ1) is 15.0. The third-order valence-corrected chi connectivity index (χ3v) is 3.96. The molecule has 1 saturated heterocycles. The molecule has 1 fully saturated rings. The molecule has 1 atom stereocenters. The fourth-order valence-corrected chi connectivity index (χ4v) is 2.71. The van der Waals surface area contributed by atoms with Gasteiger partial charge in [-0.2, -0.15) is 0 Å². The predicted molar refractivity (Wildman–Crippen MR) is 76.4 cm³/mol. The van der Waals surface area contributed by atoms with Gasteiger partial charge in [-0.1, -0.05) is 33.1 Å². The lowest BCUT2D eigenvalue weighted by Crippen LogP contribution is -2.38. The zero-order chi connectivity index (χ0) is 12.5. The highest BCUT2D eigenvalue weighted by molar-refractivity contribution is 4.74. The van der Waals surface area contributed by atoms with E-state index < -0.39 is 0 Å². The molecule has 2 heteroatoms. The van der Waals surface area contributed by atoms with E-state index in [1.165, 1.54) is 64.6 Å². The molecule has 1 N–H and O–H groups in total. The smallest absolute Gasteiger partial charge is 0.0104 e. The van der Waals surface area contributed by atoms with E-state index in [0.717, 1.165) is 12.0 Å². The third kappa shape index (κ3) is 7.05. The Morgan fingerprint density at radius 2 is 2.00 bits per heavy atom. The van der Waals surface area contributed by atoms with Crippen LogP contribution in [0.5, 0.6) is 0 Å². The molecule has 0 spiro atoms. The molecule has 0 bridgehead atoms. The van der Waals surface area contributed by atoms with Crippen molar-refractivity contribution in [3.8, 4) is 0 Å². The van der Waals surface area contributed by atoms with Gasteiger partial charge in [0.05, 0.1) is 0 Å².